The third-order valence-corrected chi connectivity index (χ3v) is 12.1. The average molecular weight is 777 g/mol. The molecule has 3 nitrogen and oxygen atoms in total. The van der Waals surface area contributed by atoms with Gasteiger partial charge in [0.25, 0.3) is 0 Å². The SMILES string of the molecule is c1ccc(-c2nc(-c3ccc(-c4c5ccccc5c(-c5ccccc5)c5c4ccc4ccccc45)cc3)cc(-c3ccccc3-c3ccc4c(c3)oc3ccccc34)n2)cc1. The van der Waals surface area contributed by atoms with Gasteiger partial charge in [-0.1, -0.05) is 194 Å². The average Bonchev–Trinajstić information content (AvgIpc) is 3.71. The summed E-state index contributed by atoms with van der Waals surface area (Å²) in [6.45, 7) is 0. The van der Waals surface area contributed by atoms with Crippen molar-refractivity contribution in [1.82, 2.24) is 9.97 Å². The summed E-state index contributed by atoms with van der Waals surface area (Å²) in [4.78, 5) is 10.5. The van der Waals surface area contributed by atoms with Crippen LogP contribution in [0.3, 0.4) is 0 Å². The van der Waals surface area contributed by atoms with E-state index in [1.54, 1.807) is 0 Å². The maximum atomic E-state index is 6.32. The molecule has 0 bridgehead atoms. The van der Waals surface area contributed by atoms with Crippen LogP contribution in [0, 0.1) is 0 Å². The third kappa shape index (κ3) is 5.90. The van der Waals surface area contributed by atoms with E-state index in [-0.39, 0.29) is 0 Å². The number of hydrogen-bond donors (Lipinski definition) is 0. The number of hydrogen-bond acceptors (Lipinski definition) is 3. The summed E-state index contributed by atoms with van der Waals surface area (Å²) in [7, 11) is 0. The summed E-state index contributed by atoms with van der Waals surface area (Å²) in [6.07, 6.45) is 0. The van der Waals surface area contributed by atoms with Gasteiger partial charge in [-0.3, -0.25) is 0 Å². The fraction of sp³-hybridized carbons (Fsp3) is 0. The first kappa shape index (κ1) is 34.9. The Balaban J connectivity index is 1.02. The van der Waals surface area contributed by atoms with E-state index in [2.05, 4.69) is 188 Å². The second-order valence-corrected chi connectivity index (χ2v) is 15.6. The summed E-state index contributed by atoms with van der Waals surface area (Å²) in [5.41, 5.74) is 13.5. The van der Waals surface area contributed by atoms with Crippen LogP contribution in [0.5, 0.6) is 0 Å². The lowest BCUT2D eigenvalue weighted by molar-refractivity contribution is 0.669. The van der Waals surface area contributed by atoms with Crippen LogP contribution in [-0.4, -0.2) is 9.97 Å². The van der Waals surface area contributed by atoms with Crippen LogP contribution in [0.1, 0.15) is 0 Å². The maximum Gasteiger partial charge on any atom is 0.160 e. The number of fused-ring (bicyclic) bond motifs is 7. The minimum absolute atomic E-state index is 0.681. The van der Waals surface area contributed by atoms with Crippen LogP contribution in [0.2, 0.25) is 0 Å². The minimum atomic E-state index is 0.681. The minimum Gasteiger partial charge on any atom is -0.456 e. The standard InChI is InChI=1S/C58H36N2O/c1-3-16-39(17-4-1)56-49-25-12-11-24-48(49)55(50-34-31-37-15-7-8-21-44(37)57(50)56)40-29-27-38(28-30-40)51-36-52(60-58(59-51)41-18-5-2-6-19-41)45-22-10-9-20-43(45)42-32-33-47-46-23-13-14-26-53(46)61-54(47)35-42/h1-36H. The van der Waals surface area contributed by atoms with Gasteiger partial charge in [0.05, 0.1) is 11.4 Å². The van der Waals surface area contributed by atoms with Crippen molar-refractivity contribution in [3.8, 4) is 67.3 Å². The zero-order valence-electron chi connectivity index (χ0n) is 33.1. The highest BCUT2D eigenvalue weighted by Gasteiger charge is 2.20. The van der Waals surface area contributed by atoms with Crippen molar-refractivity contribution in [3.05, 3.63) is 218 Å². The molecule has 0 unspecified atom stereocenters. The second-order valence-electron chi connectivity index (χ2n) is 15.6. The van der Waals surface area contributed by atoms with Crippen molar-refractivity contribution in [3.63, 3.8) is 0 Å². The van der Waals surface area contributed by atoms with E-state index < -0.39 is 0 Å². The zero-order valence-corrected chi connectivity index (χ0v) is 33.1. The molecule has 0 spiro atoms. The van der Waals surface area contributed by atoms with Crippen LogP contribution >= 0.6 is 0 Å². The van der Waals surface area contributed by atoms with Gasteiger partial charge < -0.3 is 4.42 Å². The Bertz CT molecular complexity index is 3630. The Morgan fingerprint density at radius 1 is 0.295 bits per heavy atom. The molecule has 0 radical (unpaired) electrons. The molecule has 3 heteroatoms. The van der Waals surface area contributed by atoms with E-state index in [9.17, 15) is 0 Å². The predicted octanol–water partition coefficient (Wildman–Crippen LogP) is 15.8. The fourth-order valence-corrected chi connectivity index (χ4v) is 9.27. The van der Waals surface area contributed by atoms with E-state index >= 15 is 0 Å². The van der Waals surface area contributed by atoms with E-state index in [4.69, 9.17) is 14.4 Å². The molecule has 0 N–H and O–H groups in total. The lowest BCUT2D eigenvalue weighted by Gasteiger charge is -2.19. The Hall–Kier alpha value is -8.14. The lowest BCUT2D eigenvalue weighted by Crippen LogP contribution is -1.97. The van der Waals surface area contributed by atoms with Gasteiger partial charge in [0.15, 0.2) is 5.82 Å². The zero-order chi connectivity index (χ0) is 40.3. The lowest BCUT2D eigenvalue weighted by atomic mass is 9.84. The summed E-state index contributed by atoms with van der Waals surface area (Å²) in [6, 6.07) is 77.5. The number of aromatic nitrogens is 2. The number of rotatable bonds is 6. The molecule has 0 aliphatic heterocycles. The monoisotopic (exact) mass is 776 g/mol. The molecule has 0 aliphatic carbocycles. The van der Waals surface area contributed by atoms with E-state index in [1.807, 2.05) is 30.3 Å². The van der Waals surface area contributed by atoms with Crippen molar-refractivity contribution in [2.24, 2.45) is 0 Å². The molecule has 0 fully saturated rings. The second kappa shape index (κ2) is 14.3. The Morgan fingerprint density at radius 3 is 1.62 bits per heavy atom. The highest BCUT2D eigenvalue weighted by atomic mass is 16.3. The van der Waals surface area contributed by atoms with Crippen molar-refractivity contribution in [1.29, 1.82) is 0 Å². The molecule has 0 atom stereocenters. The molecule has 0 saturated heterocycles. The molecule has 284 valence electrons. The van der Waals surface area contributed by atoms with E-state index in [0.717, 1.165) is 66.7 Å². The smallest absolute Gasteiger partial charge is 0.160 e. The quantitative estimate of drug-likeness (QED) is 0.125. The van der Waals surface area contributed by atoms with Gasteiger partial charge in [0.1, 0.15) is 11.2 Å². The van der Waals surface area contributed by atoms with Crippen LogP contribution in [0.25, 0.3) is 122 Å². The summed E-state index contributed by atoms with van der Waals surface area (Å²) < 4.78 is 6.32. The van der Waals surface area contributed by atoms with Crippen molar-refractivity contribution < 1.29 is 4.42 Å². The molecule has 2 heterocycles. The van der Waals surface area contributed by atoms with E-state index in [0.29, 0.717) is 5.82 Å². The Morgan fingerprint density at radius 2 is 0.836 bits per heavy atom. The Kier molecular flexibility index (Phi) is 8.17. The first-order chi connectivity index (χ1) is 30.2. The van der Waals surface area contributed by atoms with Gasteiger partial charge in [-0.15, -0.1) is 0 Å². The highest BCUT2D eigenvalue weighted by Crippen LogP contribution is 2.46. The third-order valence-electron chi connectivity index (χ3n) is 12.1. The normalized spacial score (nSPS) is 11.6. The molecule has 0 aliphatic rings. The summed E-state index contributed by atoms with van der Waals surface area (Å²) in [5.74, 6) is 0.681. The van der Waals surface area contributed by atoms with Gasteiger partial charge >= 0.3 is 0 Å². The predicted molar refractivity (Wildman–Crippen MR) is 254 cm³/mol. The number of benzene rings is 10. The largest absolute Gasteiger partial charge is 0.456 e. The van der Waals surface area contributed by atoms with Gasteiger partial charge in [0.2, 0.25) is 0 Å². The van der Waals surface area contributed by atoms with Gasteiger partial charge in [-0.25, -0.2) is 9.97 Å². The van der Waals surface area contributed by atoms with Gasteiger partial charge in [-0.05, 0) is 90.0 Å². The number of nitrogens with zero attached hydrogens (tertiary/aromatic N) is 2. The number of para-hydroxylation sites is 1. The van der Waals surface area contributed by atoms with Crippen molar-refractivity contribution in [2.75, 3.05) is 0 Å². The van der Waals surface area contributed by atoms with Crippen LogP contribution in [0.15, 0.2) is 223 Å². The maximum absolute atomic E-state index is 6.32. The molecule has 0 saturated carbocycles. The molecular weight excluding hydrogens is 741 g/mol. The molecular formula is C58H36N2O. The van der Waals surface area contributed by atoms with Gasteiger partial charge in [-0.2, -0.15) is 0 Å². The topological polar surface area (TPSA) is 38.9 Å². The van der Waals surface area contributed by atoms with E-state index in [1.165, 1.54) is 49.0 Å². The summed E-state index contributed by atoms with van der Waals surface area (Å²) in [5, 5.41) is 9.68. The van der Waals surface area contributed by atoms with Crippen molar-refractivity contribution in [2.45, 2.75) is 0 Å². The van der Waals surface area contributed by atoms with Crippen molar-refractivity contribution >= 4 is 54.3 Å². The van der Waals surface area contributed by atoms with Crippen LogP contribution in [-0.2, 0) is 0 Å². The highest BCUT2D eigenvalue weighted by molar-refractivity contribution is 6.28. The molecule has 12 rings (SSSR count). The molecule has 12 aromatic rings. The van der Waals surface area contributed by atoms with Gasteiger partial charge in [0, 0.05) is 27.5 Å². The molecule has 2 aromatic heterocycles. The molecule has 0 amide bonds. The first-order valence-electron chi connectivity index (χ1n) is 20.7. The van der Waals surface area contributed by atoms with Crippen LogP contribution < -0.4 is 0 Å². The fourth-order valence-electron chi connectivity index (χ4n) is 9.27. The molecule has 10 aromatic carbocycles. The number of furan rings is 1. The first-order valence-corrected chi connectivity index (χ1v) is 20.7. The molecule has 61 heavy (non-hydrogen) atoms. The Labute approximate surface area is 352 Å². The summed E-state index contributed by atoms with van der Waals surface area (Å²) >= 11 is 0. The van der Waals surface area contributed by atoms with Crippen LogP contribution in [0.4, 0.5) is 0 Å².